The Bertz CT molecular complexity index is 161. The van der Waals surface area contributed by atoms with Crippen LogP contribution in [0.5, 0.6) is 0 Å². The Morgan fingerprint density at radius 3 is 2.30 bits per heavy atom. The normalized spacial score (nSPS) is 16.0. The van der Waals surface area contributed by atoms with Gasteiger partial charge in [-0.3, -0.25) is 4.79 Å². The van der Waals surface area contributed by atoms with E-state index in [2.05, 4.69) is 22.5 Å². The molecule has 0 aromatic carbocycles. The van der Waals surface area contributed by atoms with Gasteiger partial charge in [0.25, 0.3) is 0 Å². The maximum absolute atomic E-state index is 10.7. The van der Waals surface area contributed by atoms with Crippen molar-refractivity contribution in [1.82, 2.24) is 0 Å². The Kier molecular flexibility index (Phi) is 3.25. The van der Waals surface area contributed by atoms with Crippen molar-refractivity contribution in [2.45, 2.75) is 25.9 Å². The van der Waals surface area contributed by atoms with Crippen molar-refractivity contribution in [2.75, 3.05) is 0 Å². The highest BCUT2D eigenvalue weighted by atomic mass is 79.9. The van der Waals surface area contributed by atoms with Gasteiger partial charge in [0.1, 0.15) is 5.60 Å². The molecular weight excluding hydrogens is 196 g/mol. The van der Waals surface area contributed by atoms with Gasteiger partial charge in [0.15, 0.2) is 5.78 Å². The van der Waals surface area contributed by atoms with Crippen LogP contribution in [0.4, 0.5) is 0 Å². The van der Waals surface area contributed by atoms with E-state index in [9.17, 15) is 9.90 Å². The Labute approximate surface area is 69.1 Å². The van der Waals surface area contributed by atoms with E-state index in [1.54, 1.807) is 0 Å². The molecule has 0 aromatic heterocycles. The molecule has 0 aromatic rings. The molecular formula is C7H11BrO2. The molecule has 0 aliphatic rings. The van der Waals surface area contributed by atoms with Gasteiger partial charge in [-0.2, -0.15) is 0 Å². The lowest BCUT2D eigenvalue weighted by atomic mass is 9.98. The first kappa shape index (κ1) is 9.85. The summed E-state index contributed by atoms with van der Waals surface area (Å²) >= 11 is 3.07. The zero-order valence-corrected chi connectivity index (χ0v) is 7.73. The van der Waals surface area contributed by atoms with Crippen LogP contribution in [-0.2, 0) is 4.79 Å². The summed E-state index contributed by atoms with van der Waals surface area (Å²) in [6.45, 7) is 6.36. The lowest BCUT2D eigenvalue weighted by molar-refractivity contribution is -0.133. The zero-order chi connectivity index (χ0) is 8.36. The Morgan fingerprint density at radius 1 is 1.80 bits per heavy atom. The lowest BCUT2D eigenvalue weighted by Gasteiger charge is -2.18. The molecule has 58 valence electrons. The van der Waals surface area contributed by atoms with Gasteiger partial charge in [0.05, 0.1) is 0 Å². The Morgan fingerprint density at radius 2 is 2.20 bits per heavy atom. The zero-order valence-electron chi connectivity index (χ0n) is 6.15. The van der Waals surface area contributed by atoms with Gasteiger partial charge in [-0.15, -0.1) is 0 Å². The van der Waals surface area contributed by atoms with Gasteiger partial charge in [-0.1, -0.05) is 22.5 Å². The molecule has 1 atom stereocenters. The van der Waals surface area contributed by atoms with Crippen LogP contribution < -0.4 is 0 Å². The molecule has 1 N–H and O–H groups in total. The maximum Gasteiger partial charge on any atom is 0.161 e. The van der Waals surface area contributed by atoms with Crippen molar-refractivity contribution in [3.63, 3.8) is 0 Å². The van der Waals surface area contributed by atoms with E-state index < -0.39 is 5.60 Å². The first-order valence-electron chi connectivity index (χ1n) is 2.93. The van der Waals surface area contributed by atoms with Crippen LogP contribution in [0, 0.1) is 0 Å². The average molecular weight is 207 g/mol. The second-order valence-electron chi connectivity index (χ2n) is 2.52. The molecule has 0 spiro atoms. The fraction of sp³-hybridized carbons (Fsp3) is 0.571. The molecule has 0 saturated carbocycles. The largest absolute Gasteiger partial charge is 0.382 e. The summed E-state index contributed by atoms with van der Waals surface area (Å²) in [6, 6.07) is 0. The van der Waals surface area contributed by atoms with Crippen molar-refractivity contribution in [1.29, 1.82) is 0 Å². The van der Waals surface area contributed by atoms with Crippen molar-refractivity contribution in [2.24, 2.45) is 0 Å². The highest BCUT2D eigenvalue weighted by Crippen LogP contribution is 2.19. The van der Waals surface area contributed by atoms with Crippen LogP contribution in [0.3, 0.4) is 0 Å². The van der Waals surface area contributed by atoms with Gasteiger partial charge < -0.3 is 5.11 Å². The van der Waals surface area contributed by atoms with Gasteiger partial charge in [-0.25, -0.2) is 0 Å². The first-order chi connectivity index (χ1) is 4.36. The van der Waals surface area contributed by atoms with Gasteiger partial charge in [0, 0.05) is 6.42 Å². The van der Waals surface area contributed by atoms with E-state index in [0.29, 0.717) is 4.48 Å². The number of ketones is 1. The standard InChI is InChI=1S/C7H11BrO2/c1-5(8)4-7(3,10)6(2)9/h10H,1,4H2,2-3H3. The van der Waals surface area contributed by atoms with Gasteiger partial charge in [0.2, 0.25) is 0 Å². The van der Waals surface area contributed by atoms with Crippen LogP contribution in [0.1, 0.15) is 20.3 Å². The molecule has 0 amide bonds. The quantitative estimate of drug-likeness (QED) is 0.763. The third-order valence-corrected chi connectivity index (χ3v) is 1.57. The molecule has 0 bridgehead atoms. The minimum absolute atomic E-state index is 0.242. The third-order valence-electron chi connectivity index (χ3n) is 1.29. The number of hydrogen-bond acceptors (Lipinski definition) is 2. The van der Waals surface area contributed by atoms with Crippen LogP contribution >= 0.6 is 15.9 Å². The number of hydrogen-bond donors (Lipinski definition) is 1. The Balaban J connectivity index is 4.13. The molecule has 0 aliphatic carbocycles. The van der Waals surface area contributed by atoms with E-state index in [0.717, 1.165) is 0 Å². The number of halogens is 1. The summed E-state index contributed by atoms with van der Waals surface area (Å²) in [5.41, 5.74) is -1.26. The molecule has 0 fully saturated rings. The average Bonchev–Trinajstić information content (AvgIpc) is 1.60. The van der Waals surface area contributed by atoms with Crippen molar-refractivity contribution >= 4 is 21.7 Å². The molecule has 1 unspecified atom stereocenters. The number of rotatable bonds is 3. The van der Waals surface area contributed by atoms with E-state index in [1.807, 2.05) is 0 Å². The predicted octanol–water partition coefficient (Wildman–Crippen LogP) is 1.63. The smallest absolute Gasteiger partial charge is 0.161 e. The van der Waals surface area contributed by atoms with Crippen molar-refractivity contribution in [3.05, 3.63) is 11.1 Å². The fourth-order valence-corrected chi connectivity index (χ4v) is 1.04. The monoisotopic (exact) mass is 206 g/mol. The van der Waals surface area contributed by atoms with E-state index in [4.69, 9.17) is 0 Å². The molecule has 10 heavy (non-hydrogen) atoms. The predicted molar refractivity (Wildman–Crippen MR) is 44.0 cm³/mol. The number of carbonyl (C=O) groups is 1. The molecule has 0 aliphatic heterocycles. The second kappa shape index (κ2) is 3.30. The van der Waals surface area contributed by atoms with Crippen molar-refractivity contribution < 1.29 is 9.90 Å². The SMILES string of the molecule is C=C(Br)CC(C)(O)C(C)=O. The van der Waals surface area contributed by atoms with Crippen LogP contribution in [0.15, 0.2) is 11.1 Å². The second-order valence-corrected chi connectivity index (χ2v) is 3.65. The number of Topliss-reactive ketones (excluding diaryl/α,β-unsaturated/α-hetero) is 1. The highest BCUT2D eigenvalue weighted by molar-refractivity contribution is 9.11. The third kappa shape index (κ3) is 3.13. The molecule has 0 heterocycles. The highest BCUT2D eigenvalue weighted by Gasteiger charge is 2.25. The van der Waals surface area contributed by atoms with Crippen LogP contribution in [0.2, 0.25) is 0 Å². The van der Waals surface area contributed by atoms with Gasteiger partial charge in [-0.05, 0) is 18.3 Å². The molecule has 0 rings (SSSR count). The lowest BCUT2D eigenvalue weighted by Crippen LogP contribution is -2.32. The fourth-order valence-electron chi connectivity index (χ4n) is 0.498. The van der Waals surface area contributed by atoms with Crippen molar-refractivity contribution in [3.8, 4) is 0 Å². The first-order valence-corrected chi connectivity index (χ1v) is 3.72. The molecule has 0 saturated heterocycles. The summed E-state index contributed by atoms with van der Waals surface area (Å²) in [5, 5.41) is 9.32. The number of carbonyl (C=O) groups excluding carboxylic acids is 1. The van der Waals surface area contributed by atoms with Gasteiger partial charge >= 0.3 is 0 Å². The van der Waals surface area contributed by atoms with E-state index >= 15 is 0 Å². The Hall–Kier alpha value is -0.150. The maximum atomic E-state index is 10.7. The topological polar surface area (TPSA) is 37.3 Å². The molecule has 2 nitrogen and oxygen atoms in total. The van der Waals surface area contributed by atoms with Crippen LogP contribution in [-0.4, -0.2) is 16.5 Å². The summed E-state index contributed by atoms with van der Waals surface area (Å²) in [7, 11) is 0. The number of aliphatic hydroxyl groups is 1. The summed E-state index contributed by atoms with van der Waals surface area (Å²) in [5.74, 6) is -0.242. The summed E-state index contributed by atoms with van der Waals surface area (Å²) < 4.78 is 0.632. The minimum Gasteiger partial charge on any atom is -0.382 e. The van der Waals surface area contributed by atoms with E-state index in [1.165, 1.54) is 13.8 Å². The minimum atomic E-state index is -1.26. The van der Waals surface area contributed by atoms with E-state index in [-0.39, 0.29) is 12.2 Å². The summed E-state index contributed by atoms with van der Waals surface area (Å²) in [6.07, 6.45) is 0.266. The molecule has 0 radical (unpaired) electrons. The summed E-state index contributed by atoms with van der Waals surface area (Å²) in [4.78, 5) is 10.7. The molecule has 3 heteroatoms. The van der Waals surface area contributed by atoms with Crippen LogP contribution in [0.25, 0.3) is 0 Å².